The monoisotopic (exact) mass is 464 g/mol. The van der Waals surface area contributed by atoms with Crippen molar-refractivity contribution in [1.82, 2.24) is 14.8 Å². The Morgan fingerprint density at radius 3 is 2.73 bits per heavy atom. The number of hydrogen-bond donors (Lipinski definition) is 1. The van der Waals surface area contributed by atoms with Gasteiger partial charge in [-0.1, -0.05) is 47.1 Å². The molecule has 0 bridgehead atoms. The van der Waals surface area contributed by atoms with Gasteiger partial charge in [0.1, 0.15) is 12.4 Å². The molecule has 0 saturated carbocycles. The smallest absolute Gasteiger partial charge is 0.234 e. The summed E-state index contributed by atoms with van der Waals surface area (Å²) in [5.41, 5.74) is 3.02. The molecule has 0 atom stereocenters. The molecule has 1 N–H and O–H groups in total. The zero-order valence-corrected chi connectivity index (χ0v) is 19.2. The molecular weight excluding hydrogens is 443 g/mol. The van der Waals surface area contributed by atoms with Gasteiger partial charge < -0.3 is 14.6 Å². The maximum atomic E-state index is 12.4. The molecule has 0 aliphatic carbocycles. The van der Waals surface area contributed by atoms with Crippen LogP contribution < -0.4 is 10.1 Å². The molecule has 1 heterocycles. The van der Waals surface area contributed by atoms with Crippen molar-refractivity contribution in [1.29, 1.82) is 0 Å². The number of amides is 1. The van der Waals surface area contributed by atoms with Crippen molar-refractivity contribution in [3.05, 3.63) is 63.4 Å². The number of ether oxygens (including phenoxy) is 1. The van der Waals surface area contributed by atoms with E-state index in [1.54, 1.807) is 18.2 Å². The van der Waals surface area contributed by atoms with Crippen molar-refractivity contribution >= 4 is 46.6 Å². The highest BCUT2D eigenvalue weighted by Gasteiger charge is 2.15. The highest BCUT2D eigenvalue weighted by molar-refractivity contribution is 7.99. The minimum atomic E-state index is -0.0925. The number of benzene rings is 2. The van der Waals surface area contributed by atoms with Gasteiger partial charge in [-0.15, -0.1) is 10.2 Å². The number of anilines is 1. The van der Waals surface area contributed by atoms with Crippen molar-refractivity contribution in [2.45, 2.75) is 39.1 Å². The fraction of sp³-hybridized carbons (Fsp3) is 0.286. The van der Waals surface area contributed by atoms with Crippen molar-refractivity contribution < 1.29 is 9.53 Å². The van der Waals surface area contributed by atoms with E-state index in [1.165, 1.54) is 11.8 Å². The first-order valence-electron chi connectivity index (χ1n) is 9.37. The van der Waals surface area contributed by atoms with E-state index in [1.807, 2.05) is 43.5 Å². The largest absolute Gasteiger partial charge is 0.484 e. The van der Waals surface area contributed by atoms with Crippen LogP contribution in [0.1, 0.15) is 23.9 Å². The lowest BCUT2D eigenvalue weighted by Crippen LogP contribution is -2.16. The van der Waals surface area contributed by atoms with Gasteiger partial charge in [-0.25, -0.2) is 0 Å². The average Bonchev–Trinajstić information content (AvgIpc) is 3.11. The number of nitrogens with zero attached hydrogens (tertiary/aromatic N) is 3. The van der Waals surface area contributed by atoms with Gasteiger partial charge in [-0.2, -0.15) is 0 Å². The molecule has 0 aliphatic rings. The minimum absolute atomic E-state index is 0.0925. The predicted molar refractivity (Wildman–Crippen MR) is 122 cm³/mol. The van der Waals surface area contributed by atoms with Crippen LogP contribution in [0.15, 0.2) is 41.6 Å². The number of aromatic nitrogens is 3. The third-order valence-corrected chi connectivity index (χ3v) is 6.07. The zero-order chi connectivity index (χ0) is 21.7. The van der Waals surface area contributed by atoms with Crippen molar-refractivity contribution in [2.24, 2.45) is 0 Å². The van der Waals surface area contributed by atoms with E-state index in [9.17, 15) is 4.79 Å². The van der Waals surface area contributed by atoms with Crippen LogP contribution >= 0.6 is 35.0 Å². The molecule has 2 aromatic carbocycles. The third kappa shape index (κ3) is 5.47. The Labute approximate surface area is 189 Å². The maximum absolute atomic E-state index is 12.4. The van der Waals surface area contributed by atoms with E-state index in [0.29, 0.717) is 33.3 Å². The number of nitrogens with one attached hydrogen (secondary N) is 1. The van der Waals surface area contributed by atoms with Crippen molar-refractivity contribution in [3.63, 3.8) is 0 Å². The fourth-order valence-corrected chi connectivity index (χ4v) is 4.07. The summed E-state index contributed by atoms with van der Waals surface area (Å²) >= 11 is 13.4. The van der Waals surface area contributed by atoms with Gasteiger partial charge >= 0.3 is 0 Å². The molecule has 1 aromatic heterocycles. The summed E-state index contributed by atoms with van der Waals surface area (Å²) in [6.07, 6.45) is 0. The second-order valence-electron chi connectivity index (χ2n) is 6.59. The number of rotatable bonds is 8. The second kappa shape index (κ2) is 10.2. The number of carbonyl (C=O) groups excluding carboxylic acids is 1. The molecule has 30 heavy (non-hydrogen) atoms. The summed E-state index contributed by atoms with van der Waals surface area (Å²) in [6, 6.07) is 10.9. The molecular formula is C21H22Cl2N4O2S. The molecule has 0 saturated heterocycles. The molecule has 0 unspecified atom stereocenters. The molecule has 0 fully saturated rings. The maximum Gasteiger partial charge on any atom is 0.234 e. The van der Waals surface area contributed by atoms with Crippen molar-refractivity contribution in [2.75, 3.05) is 11.1 Å². The average molecular weight is 465 g/mol. The lowest BCUT2D eigenvalue weighted by molar-refractivity contribution is -0.113. The van der Waals surface area contributed by atoms with Gasteiger partial charge in [0.25, 0.3) is 0 Å². The fourth-order valence-electron chi connectivity index (χ4n) is 2.79. The Kier molecular flexibility index (Phi) is 7.64. The normalized spacial score (nSPS) is 10.8. The topological polar surface area (TPSA) is 69.0 Å². The van der Waals surface area contributed by atoms with Crippen LogP contribution in [0.4, 0.5) is 5.69 Å². The standard InChI is InChI=1S/C21H22Cl2N4O2S/c1-4-27-19(11-29-18-9-8-15(22)10-16(18)23)25-26-21(27)30-12-20(28)24-17-7-5-6-13(2)14(17)3/h5-10H,4,11-12H2,1-3H3,(H,24,28). The summed E-state index contributed by atoms with van der Waals surface area (Å²) in [6.45, 7) is 6.86. The predicted octanol–water partition coefficient (Wildman–Crippen LogP) is 5.53. The van der Waals surface area contributed by atoms with E-state index < -0.39 is 0 Å². The number of carbonyl (C=O) groups is 1. The van der Waals surface area contributed by atoms with E-state index >= 15 is 0 Å². The number of thioether (sulfide) groups is 1. The van der Waals surface area contributed by atoms with Crippen LogP contribution in [-0.2, 0) is 17.9 Å². The first-order valence-corrected chi connectivity index (χ1v) is 11.1. The van der Waals surface area contributed by atoms with Gasteiger partial charge in [0, 0.05) is 17.3 Å². The summed E-state index contributed by atoms with van der Waals surface area (Å²) in [4.78, 5) is 12.4. The van der Waals surface area contributed by atoms with Crippen LogP contribution in [0, 0.1) is 13.8 Å². The van der Waals surface area contributed by atoms with Crippen molar-refractivity contribution in [3.8, 4) is 5.75 Å². The van der Waals surface area contributed by atoms with Gasteiger partial charge in [-0.05, 0) is 56.2 Å². The lowest BCUT2D eigenvalue weighted by Gasteiger charge is -2.11. The zero-order valence-electron chi connectivity index (χ0n) is 16.9. The Morgan fingerprint density at radius 1 is 1.20 bits per heavy atom. The lowest BCUT2D eigenvalue weighted by atomic mass is 10.1. The first kappa shape index (κ1) is 22.5. The van der Waals surface area contributed by atoms with E-state index in [2.05, 4.69) is 15.5 Å². The summed E-state index contributed by atoms with van der Waals surface area (Å²) in [5.74, 6) is 1.31. The Balaban J connectivity index is 1.61. The van der Waals surface area contributed by atoms with E-state index in [4.69, 9.17) is 27.9 Å². The molecule has 3 aromatic rings. The van der Waals surface area contributed by atoms with Crippen LogP contribution in [0.5, 0.6) is 5.75 Å². The molecule has 0 spiro atoms. The number of hydrogen-bond acceptors (Lipinski definition) is 5. The molecule has 0 radical (unpaired) electrons. The van der Waals surface area contributed by atoms with Gasteiger partial charge in [0.15, 0.2) is 11.0 Å². The molecule has 1 amide bonds. The Bertz CT molecular complexity index is 1060. The molecule has 0 aliphatic heterocycles. The SMILES string of the molecule is CCn1c(COc2ccc(Cl)cc2Cl)nnc1SCC(=O)Nc1cccc(C)c1C. The van der Waals surface area contributed by atoms with Crippen LogP contribution in [0.3, 0.4) is 0 Å². The van der Waals surface area contributed by atoms with E-state index in [0.717, 1.165) is 16.8 Å². The second-order valence-corrected chi connectivity index (χ2v) is 8.38. The van der Waals surface area contributed by atoms with Crippen LogP contribution in [0.2, 0.25) is 10.0 Å². The van der Waals surface area contributed by atoms with Crippen LogP contribution in [-0.4, -0.2) is 26.4 Å². The molecule has 3 rings (SSSR count). The van der Waals surface area contributed by atoms with Gasteiger partial charge in [-0.3, -0.25) is 4.79 Å². The highest BCUT2D eigenvalue weighted by Crippen LogP contribution is 2.28. The Hall–Kier alpha value is -2.22. The number of aryl methyl sites for hydroxylation is 1. The van der Waals surface area contributed by atoms with E-state index in [-0.39, 0.29) is 18.3 Å². The molecule has 9 heteroatoms. The molecule has 6 nitrogen and oxygen atoms in total. The summed E-state index contributed by atoms with van der Waals surface area (Å²) < 4.78 is 7.68. The number of halogens is 2. The van der Waals surface area contributed by atoms with Crippen LogP contribution in [0.25, 0.3) is 0 Å². The highest BCUT2D eigenvalue weighted by atomic mass is 35.5. The van der Waals surface area contributed by atoms with Gasteiger partial charge in [0.2, 0.25) is 5.91 Å². The third-order valence-electron chi connectivity index (χ3n) is 4.57. The minimum Gasteiger partial charge on any atom is -0.484 e. The Morgan fingerprint density at radius 2 is 2.00 bits per heavy atom. The summed E-state index contributed by atoms with van der Waals surface area (Å²) in [7, 11) is 0. The quantitative estimate of drug-likeness (QED) is 0.443. The van der Waals surface area contributed by atoms with Gasteiger partial charge in [0.05, 0.1) is 10.8 Å². The first-order chi connectivity index (χ1) is 14.4. The summed E-state index contributed by atoms with van der Waals surface area (Å²) in [5, 5.41) is 13.0. The molecule has 158 valence electrons.